The van der Waals surface area contributed by atoms with Crippen molar-refractivity contribution in [2.45, 2.75) is 0 Å². The molecule has 9 aromatic carbocycles. The maximum atomic E-state index is 2.38. The minimum atomic E-state index is 1.18. The highest BCUT2D eigenvalue weighted by Crippen LogP contribution is 2.46. The third kappa shape index (κ3) is 4.33. The van der Waals surface area contributed by atoms with Gasteiger partial charge >= 0.3 is 0 Å². The first-order valence-electron chi connectivity index (χ1n) is 16.9. The highest BCUT2D eigenvalue weighted by Gasteiger charge is 2.19. The normalized spacial score (nSPS) is 11.7. The number of benzene rings is 9. The Hall–Kier alpha value is -6.44. The van der Waals surface area contributed by atoms with Crippen molar-refractivity contribution in [1.82, 2.24) is 4.57 Å². The summed E-state index contributed by atoms with van der Waals surface area (Å²) in [6.45, 7) is 0. The van der Waals surface area contributed by atoms with Crippen LogP contribution in [0.1, 0.15) is 0 Å². The summed E-state index contributed by atoms with van der Waals surface area (Å²) in [5, 5.41) is 10.1. The van der Waals surface area contributed by atoms with E-state index in [1.165, 1.54) is 93.2 Å². The van der Waals surface area contributed by atoms with E-state index in [0.717, 1.165) is 0 Å². The number of rotatable bonds is 4. The molecule has 0 saturated heterocycles. The molecule has 0 unspecified atom stereocenters. The fraction of sp³-hybridized carbons (Fsp3) is 0. The Balaban J connectivity index is 1.20. The van der Waals surface area contributed by atoms with E-state index in [-0.39, 0.29) is 0 Å². The Bertz CT molecular complexity index is 2810. The maximum Gasteiger partial charge on any atom is 0.0541 e. The molecular weight excluding hydrogens is 591 g/mol. The molecule has 0 atom stereocenters. The van der Waals surface area contributed by atoms with Gasteiger partial charge in [-0.2, -0.15) is 0 Å². The molecule has 0 N–H and O–H groups in total. The second-order valence-corrected chi connectivity index (χ2v) is 12.9. The minimum Gasteiger partial charge on any atom is -0.309 e. The van der Waals surface area contributed by atoms with E-state index in [0.29, 0.717) is 0 Å². The largest absolute Gasteiger partial charge is 0.309 e. The Morgan fingerprint density at radius 2 is 0.816 bits per heavy atom. The van der Waals surface area contributed by atoms with Crippen molar-refractivity contribution in [2.75, 3.05) is 0 Å². The van der Waals surface area contributed by atoms with Crippen LogP contribution in [-0.4, -0.2) is 4.57 Å². The van der Waals surface area contributed by atoms with E-state index in [9.17, 15) is 0 Å². The molecule has 1 heterocycles. The number of fused-ring (bicyclic) bond motifs is 6. The van der Waals surface area contributed by atoms with Crippen LogP contribution >= 0.6 is 0 Å². The van der Waals surface area contributed by atoms with Crippen LogP contribution in [0.3, 0.4) is 0 Å². The summed E-state index contributed by atoms with van der Waals surface area (Å²) in [6.07, 6.45) is 0. The second kappa shape index (κ2) is 11.1. The third-order valence-electron chi connectivity index (χ3n) is 10.2. The molecule has 0 bridgehead atoms. The van der Waals surface area contributed by atoms with Gasteiger partial charge < -0.3 is 4.57 Å². The van der Waals surface area contributed by atoms with Crippen LogP contribution in [-0.2, 0) is 0 Å². The lowest BCUT2D eigenvalue weighted by atomic mass is 9.84. The average molecular weight is 622 g/mol. The van der Waals surface area contributed by atoms with Gasteiger partial charge in [-0.1, -0.05) is 152 Å². The zero-order chi connectivity index (χ0) is 32.3. The van der Waals surface area contributed by atoms with Crippen molar-refractivity contribution in [3.05, 3.63) is 188 Å². The standard InChI is InChI=1S/C48H31N/c1-2-18-36(19-3-1)49-45-27-11-10-21-38(45)44-31-34(28-29-46(44)49)33-16-12-17-35(30-33)47-40-22-6-8-24-42(40)48(43-25-9-7-23-41(43)47)39-26-13-15-32-14-4-5-20-37(32)39/h1-31H. The summed E-state index contributed by atoms with van der Waals surface area (Å²) < 4.78 is 2.38. The molecule has 49 heavy (non-hydrogen) atoms. The Kier molecular flexibility index (Phi) is 6.25. The maximum absolute atomic E-state index is 2.38. The molecule has 0 aliphatic rings. The van der Waals surface area contributed by atoms with Crippen LogP contribution in [0.25, 0.3) is 93.2 Å². The van der Waals surface area contributed by atoms with Gasteiger partial charge in [0.2, 0.25) is 0 Å². The van der Waals surface area contributed by atoms with E-state index in [2.05, 4.69) is 193 Å². The predicted octanol–water partition coefficient (Wildman–Crippen LogP) is 13.2. The second-order valence-electron chi connectivity index (χ2n) is 12.9. The molecule has 0 saturated carbocycles. The smallest absolute Gasteiger partial charge is 0.0541 e. The van der Waals surface area contributed by atoms with E-state index in [1.807, 2.05) is 0 Å². The summed E-state index contributed by atoms with van der Waals surface area (Å²) in [5.74, 6) is 0. The fourth-order valence-electron chi connectivity index (χ4n) is 8.03. The number of aromatic nitrogens is 1. The molecule has 0 aliphatic carbocycles. The van der Waals surface area contributed by atoms with Gasteiger partial charge in [0, 0.05) is 16.5 Å². The van der Waals surface area contributed by atoms with Gasteiger partial charge in [0.25, 0.3) is 0 Å². The van der Waals surface area contributed by atoms with Crippen molar-refractivity contribution < 1.29 is 0 Å². The highest BCUT2D eigenvalue weighted by atomic mass is 15.0. The predicted molar refractivity (Wildman–Crippen MR) is 210 cm³/mol. The van der Waals surface area contributed by atoms with Crippen molar-refractivity contribution >= 4 is 54.1 Å². The monoisotopic (exact) mass is 621 g/mol. The van der Waals surface area contributed by atoms with Crippen LogP contribution in [0.5, 0.6) is 0 Å². The van der Waals surface area contributed by atoms with Crippen LogP contribution in [0, 0.1) is 0 Å². The summed E-state index contributed by atoms with van der Waals surface area (Å²) in [6, 6.07) is 68.7. The zero-order valence-electron chi connectivity index (χ0n) is 26.8. The van der Waals surface area contributed by atoms with E-state index in [4.69, 9.17) is 0 Å². The van der Waals surface area contributed by atoms with Crippen LogP contribution < -0.4 is 0 Å². The summed E-state index contributed by atoms with van der Waals surface area (Å²) >= 11 is 0. The Morgan fingerprint density at radius 1 is 0.286 bits per heavy atom. The summed E-state index contributed by atoms with van der Waals surface area (Å²) in [7, 11) is 0. The Morgan fingerprint density at radius 3 is 1.57 bits per heavy atom. The van der Waals surface area contributed by atoms with Gasteiger partial charge in [-0.15, -0.1) is 0 Å². The molecule has 0 radical (unpaired) electrons. The van der Waals surface area contributed by atoms with Crippen molar-refractivity contribution in [1.29, 1.82) is 0 Å². The molecular formula is C48H31N. The fourth-order valence-corrected chi connectivity index (χ4v) is 8.03. The lowest BCUT2D eigenvalue weighted by molar-refractivity contribution is 1.18. The first kappa shape index (κ1) is 27.7. The highest BCUT2D eigenvalue weighted by molar-refractivity contribution is 6.23. The molecule has 1 aromatic heterocycles. The summed E-state index contributed by atoms with van der Waals surface area (Å²) in [4.78, 5) is 0. The zero-order valence-corrected chi connectivity index (χ0v) is 26.8. The van der Waals surface area contributed by atoms with Crippen LogP contribution in [0.4, 0.5) is 0 Å². The van der Waals surface area contributed by atoms with Gasteiger partial charge in [0.1, 0.15) is 0 Å². The number of nitrogens with zero attached hydrogens (tertiary/aromatic N) is 1. The van der Waals surface area contributed by atoms with Gasteiger partial charge in [0.15, 0.2) is 0 Å². The van der Waals surface area contributed by atoms with E-state index >= 15 is 0 Å². The number of hydrogen-bond donors (Lipinski definition) is 0. The lowest BCUT2D eigenvalue weighted by Crippen LogP contribution is -1.93. The third-order valence-corrected chi connectivity index (χ3v) is 10.2. The van der Waals surface area contributed by atoms with Crippen molar-refractivity contribution in [3.63, 3.8) is 0 Å². The van der Waals surface area contributed by atoms with E-state index in [1.54, 1.807) is 0 Å². The molecule has 10 aromatic rings. The lowest BCUT2D eigenvalue weighted by Gasteiger charge is -2.19. The van der Waals surface area contributed by atoms with Crippen molar-refractivity contribution in [2.24, 2.45) is 0 Å². The van der Waals surface area contributed by atoms with Crippen molar-refractivity contribution in [3.8, 4) is 39.1 Å². The summed E-state index contributed by atoms with van der Waals surface area (Å²) in [5.41, 5.74) is 11.1. The van der Waals surface area contributed by atoms with E-state index < -0.39 is 0 Å². The molecule has 0 fully saturated rings. The molecule has 10 rings (SSSR count). The number of hydrogen-bond acceptors (Lipinski definition) is 0. The molecule has 228 valence electrons. The molecule has 0 spiro atoms. The quantitative estimate of drug-likeness (QED) is 0.172. The minimum absolute atomic E-state index is 1.18. The molecule has 1 nitrogen and oxygen atoms in total. The average Bonchev–Trinajstić information content (AvgIpc) is 3.51. The van der Waals surface area contributed by atoms with Gasteiger partial charge in [-0.05, 0) is 102 Å². The molecule has 0 amide bonds. The first-order chi connectivity index (χ1) is 24.3. The van der Waals surface area contributed by atoms with Gasteiger partial charge in [-0.3, -0.25) is 0 Å². The van der Waals surface area contributed by atoms with Crippen LogP contribution in [0.2, 0.25) is 0 Å². The SMILES string of the molecule is c1ccc(-n2c3ccccc3c3cc(-c4cccc(-c5c6ccccc6c(-c6cccc7ccccc67)c6ccccc56)c4)ccc32)cc1. The Labute approximate surface area is 284 Å². The molecule has 1 heteroatoms. The number of para-hydroxylation sites is 2. The van der Waals surface area contributed by atoms with Gasteiger partial charge in [-0.25, -0.2) is 0 Å². The molecule has 0 aliphatic heterocycles. The van der Waals surface area contributed by atoms with Crippen LogP contribution in [0.15, 0.2) is 188 Å². The topological polar surface area (TPSA) is 4.93 Å². The first-order valence-corrected chi connectivity index (χ1v) is 16.9. The van der Waals surface area contributed by atoms with Gasteiger partial charge in [0.05, 0.1) is 11.0 Å².